The quantitative estimate of drug-likeness (QED) is 0.601. The van der Waals surface area contributed by atoms with E-state index < -0.39 is 5.91 Å². The topological polar surface area (TPSA) is 77.5 Å². The van der Waals surface area contributed by atoms with Crippen LogP contribution in [-0.4, -0.2) is 21.7 Å². The number of phenolic OH excluding ortho intramolecular Hbond substituents is 1. The number of benzene rings is 1. The van der Waals surface area contributed by atoms with Crippen molar-refractivity contribution in [2.75, 3.05) is 0 Å². The van der Waals surface area contributed by atoms with E-state index in [9.17, 15) is 9.90 Å². The molecule has 0 radical (unpaired) electrons. The number of aromatic amines is 1. The van der Waals surface area contributed by atoms with Gasteiger partial charge in [-0.1, -0.05) is 35.9 Å². The fourth-order valence-electron chi connectivity index (χ4n) is 1.90. The predicted molar refractivity (Wildman–Crippen MR) is 90.9 cm³/mol. The summed E-state index contributed by atoms with van der Waals surface area (Å²) in [6.45, 7) is 3.63. The second kappa shape index (κ2) is 7.79. The second-order valence-corrected chi connectivity index (χ2v) is 5.01. The Morgan fingerprint density at radius 3 is 2.70 bits per heavy atom. The number of carbonyl (C=O) groups is 1. The normalized spacial score (nSPS) is 10.8. The smallest absolute Gasteiger partial charge is 0.275 e. The van der Waals surface area contributed by atoms with Crippen LogP contribution in [-0.2, 0) is 0 Å². The minimum absolute atomic E-state index is 0.0716. The highest BCUT2D eigenvalue weighted by Gasteiger charge is 2.10. The summed E-state index contributed by atoms with van der Waals surface area (Å²) >= 11 is 0. The molecule has 2 aromatic rings. The van der Waals surface area contributed by atoms with Gasteiger partial charge in [-0.05, 0) is 38.1 Å². The molecule has 0 aliphatic rings. The molecular formula is C18H19N3O2. The van der Waals surface area contributed by atoms with Crippen molar-refractivity contribution < 1.29 is 9.90 Å². The molecule has 2 rings (SSSR count). The van der Waals surface area contributed by atoms with Gasteiger partial charge in [0.2, 0.25) is 0 Å². The van der Waals surface area contributed by atoms with Gasteiger partial charge < -0.3 is 10.1 Å². The maximum Gasteiger partial charge on any atom is 0.275 e. The fraction of sp³-hybridized carbons (Fsp3) is 0.111. The molecule has 0 saturated carbocycles. The summed E-state index contributed by atoms with van der Waals surface area (Å²) in [5.74, 6) is -0.528. The molecule has 1 heterocycles. The first-order chi connectivity index (χ1) is 11.1. The molecule has 0 spiro atoms. The number of H-pyrrole nitrogens is 1. The highest BCUT2D eigenvalue weighted by atomic mass is 16.3. The third-order valence-corrected chi connectivity index (χ3v) is 3.15. The van der Waals surface area contributed by atoms with E-state index in [-0.39, 0.29) is 11.3 Å². The van der Waals surface area contributed by atoms with Crippen LogP contribution in [0.15, 0.2) is 65.9 Å². The maximum absolute atomic E-state index is 12.1. The molecule has 1 aromatic carbocycles. The van der Waals surface area contributed by atoms with Crippen LogP contribution in [0.25, 0.3) is 0 Å². The first-order valence-corrected chi connectivity index (χ1v) is 7.19. The molecular weight excluding hydrogens is 290 g/mol. The molecule has 1 amide bonds. The summed E-state index contributed by atoms with van der Waals surface area (Å²) in [7, 11) is 0. The Bertz CT molecular complexity index is 753. The van der Waals surface area contributed by atoms with E-state index in [4.69, 9.17) is 0 Å². The van der Waals surface area contributed by atoms with Gasteiger partial charge in [0.05, 0.1) is 17.0 Å². The SMILES string of the molecule is CC(=NNC(=O)c1cc(C)ccc1O)c1ccccccc[nH]1. The molecule has 23 heavy (non-hydrogen) atoms. The fourth-order valence-corrected chi connectivity index (χ4v) is 1.90. The third-order valence-electron chi connectivity index (χ3n) is 3.15. The van der Waals surface area contributed by atoms with E-state index in [1.165, 1.54) is 6.07 Å². The number of nitrogens with one attached hydrogen (secondary N) is 2. The number of amides is 1. The summed E-state index contributed by atoms with van der Waals surface area (Å²) in [6.07, 6.45) is 1.78. The summed E-state index contributed by atoms with van der Waals surface area (Å²) in [4.78, 5) is 15.2. The van der Waals surface area contributed by atoms with Crippen molar-refractivity contribution >= 4 is 11.6 Å². The number of hydrazone groups is 1. The molecule has 0 saturated heterocycles. The first-order valence-electron chi connectivity index (χ1n) is 7.19. The number of aryl methyl sites for hydroxylation is 1. The van der Waals surface area contributed by atoms with Crippen molar-refractivity contribution in [1.82, 2.24) is 10.4 Å². The molecule has 0 fully saturated rings. The van der Waals surface area contributed by atoms with E-state index in [0.717, 1.165) is 11.3 Å². The summed E-state index contributed by atoms with van der Waals surface area (Å²) < 4.78 is 0. The number of hydrogen-bond donors (Lipinski definition) is 3. The lowest BCUT2D eigenvalue weighted by Gasteiger charge is -2.05. The van der Waals surface area contributed by atoms with Crippen LogP contribution in [0.4, 0.5) is 0 Å². The number of nitrogens with zero attached hydrogens (tertiary/aromatic N) is 1. The molecule has 0 aliphatic carbocycles. The first kappa shape index (κ1) is 16.3. The Morgan fingerprint density at radius 2 is 1.87 bits per heavy atom. The van der Waals surface area contributed by atoms with Crippen LogP contribution in [0.3, 0.4) is 0 Å². The van der Waals surface area contributed by atoms with Gasteiger partial charge in [0, 0.05) is 6.20 Å². The summed E-state index contributed by atoms with van der Waals surface area (Å²) in [5.41, 5.74) is 4.91. The van der Waals surface area contributed by atoms with Crippen LogP contribution in [0.1, 0.15) is 28.5 Å². The average molecular weight is 309 g/mol. The number of phenols is 1. The molecule has 1 aromatic heterocycles. The van der Waals surface area contributed by atoms with Crippen molar-refractivity contribution in [3.05, 3.63) is 77.6 Å². The molecule has 0 unspecified atom stereocenters. The van der Waals surface area contributed by atoms with E-state index in [2.05, 4.69) is 15.5 Å². The zero-order valence-electron chi connectivity index (χ0n) is 13.1. The van der Waals surface area contributed by atoms with E-state index in [1.807, 2.05) is 43.3 Å². The van der Waals surface area contributed by atoms with Gasteiger partial charge in [-0.15, -0.1) is 0 Å². The Hall–Kier alpha value is -3.08. The van der Waals surface area contributed by atoms with Crippen molar-refractivity contribution in [3.8, 4) is 5.75 Å². The number of hydrogen-bond acceptors (Lipinski definition) is 3. The number of carbonyl (C=O) groups excluding carboxylic acids is 1. The lowest BCUT2D eigenvalue weighted by atomic mass is 10.1. The Morgan fingerprint density at radius 1 is 1.13 bits per heavy atom. The summed E-state index contributed by atoms with van der Waals surface area (Å²) in [5, 5.41) is 13.8. The van der Waals surface area contributed by atoms with Crippen molar-refractivity contribution in [2.24, 2.45) is 5.10 Å². The van der Waals surface area contributed by atoms with Gasteiger partial charge in [0.25, 0.3) is 5.91 Å². The second-order valence-electron chi connectivity index (χ2n) is 5.01. The minimum atomic E-state index is -0.457. The third kappa shape index (κ3) is 4.71. The zero-order chi connectivity index (χ0) is 16.7. The number of aromatic nitrogens is 1. The lowest BCUT2D eigenvalue weighted by Crippen LogP contribution is -2.19. The average Bonchev–Trinajstić information content (AvgIpc) is 2.68. The molecule has 5 nitrogen and oxygen atoms in total. The van der Waals surface area contributed by atoms with Gasteiger partial charge in [-0.3, -0.25) is 4.79 Å². The molecule has 0 atom stereocenters. The van der Waals surface area contributed by atoms with Crippen LogP contribution >= 0.6 is 0 Å². The highest BCUT2D eigenvalue weighted by molar-refractivity contribution is 6.00. The maximum atomic E-state index is 12.1. The van der Waals surface area contributed by atoms with Gasteiger partial charge in [0.15, 0.2) is 0 Å². The van der Waals surface area contributed by atoms with E-state index >= 15 is 0 Å². The monoisotopic (exact) mass is 309 g/mol. The summed E-state index contributed by atoms with van der Waals surface area (Å²) in [6, 6.07) is 16.1. The molecule has 0 bridgehead atoms. The molecule has 0 aliphatic heterocycles. The Balaban J connectivity index is 2.21. The van der Waals surface area contributed by atoms with E-state index in [1.54, 1.807) is 25.3 Å². The number of rotatable bonds is 3. The van der Waals surface area contributed by atoms with Crippen molar-refractivity contribution in [1.29, 1.82) is 0 Å². The van der Waals surface area contributed by atoms with Gasteiger partial charge in [-0.25, -0.2) is 5.43 Å². The van der Waals surface area contributed by atoms with Crippen LogP contribution in [0.2, 0.25) is 0 Å². The predicted octanol–water partition coefficient (Wildman–Crippen LogP) is 3.31. The molecule has 118 valence electrons. The Kier molecular flexibility index (Phi) is 5.52. The molecule has 3 N–H and O–H groups in total. The van der Waals surface area contributed by atoms with Crippen LogP contribution in [0.5, 0.6) is 5.75 Å². The number of aromatic hydroxyl groups is 1. The van der Waals surface area contributed by atoms with E-state index in [0.29, 0.717) is 5.71 Å². The Labute approximate surface area is 135 Å². The standard InChI is InChI=1S/C18H19N3O2/c1-13-9-10-17(22)15(12-13)18(23)21-20-14(2)16-8-6-4-3-5-7-11-19-16/h3-12,19,22H,1-2H3,(H,21,23). The largest absolute Gasteiger partial charge is 0.507 e. The van der Waals surface area contributed by atoms with Crippen LogP contribution in [0, 0.1) is 6.92 Å². The lowest BCUT2D eigenvalue weighted by molar-refractivity contribution is 0.0952. The minimum Gasteiger partial charge on any atom is -0.507 e. The zero-order valence-corrected chi connectivity index (χ0v) is 13.1. The van der Waals surface area contributed by atoms with Gasteiger partial charge in [-0.2, -0.15) is 5.10 Å². The van der Waals surface area contributed by atoms with Crippen LogP contribution < -0.4 is 5.43 Å². The van der Waals surface area contributed by atoms with Crippen molar-refractivity contribution in [2.45, 2.75) is 13.8 Å². The van der Waals surface area contributed by atoms with Gasteiger partial charge >= 0.3 is 0 Å². The van der Waals surface area contributed by atoms with Crippen molar-refractivity contribution in [3.63, 3.8) is 0 Å². The highest BCUT2D eigenvalue weighted by Crippen LogP contribution is 2.17. The van der Waals surface area contributed by atoms with Gasteiger partial charge in [0.1, 0.15) is 5.75 Å². The molecule has 5 heteroatoms.